The van der Waals surface area contributed by atoms with Gasteiger partial charge in [-0.2, -0.15) is 0 Å². The zero-order chi connectivity index (χ0) is 15.2. The standard InChI is InChI=1S/C19H32N2/c1-5-20-19(14-21(6-2)13-16-7-8-16)18-11-9-17(10-12-18)15(3)4/h9-12,15-16,19-20H,5-8,13-14H2,1-4H3. The molecule has 1 N–H and O–H groups in total. The Morgan fingerprint density at radius 1 is 1.10 bits per heavy atom. The highest BCUT2D eigenvalue weighted by atomic mass is 15.1. The monoisotopic (exact) mass is 288 g/mol. The Balaban J connectivity index is 2.01. The highest BCUT2D eigenvalue weighted by molar-refractivity contribution is 5.27. The van der Waals surface area contributed by atoms with Crippen LogP contribution in [0.3, 0.4) is 0 Å². The smallest absolute Gasteiger partial charge is 0.0449 e. The average molecular weight is 288 g/mol. The lowest BCUT2D eigenvalue weighted by Crippen LogP contribution is -2.36. The molecule has 1 unspecified atom stereocenters. The first kappa shape index (κ1) is 16.5. The number of nitrogens with zero attached hydrogens (tertiary/aromatic N) is 1. The zero-order valence-electron chi connectivity index (χ0n) is 14.2. The van der Waals surface area contributed by atoms with Gasteiger partial charge in [0.25, 0.3) is 0 Å². The van der Waals surface area contributed by atoms with E-state index in [9.17, 15) is 0 Å². The van der Waals surface area contributed by atoms with Crippen LogP contribution in [0.4, 0.5) is 0 Å². The van der Waals surface area contributed by atoms with E-state index < -0.39 is 0 Å². The van der Waals surface area contributed by atoms with Crippen LogP contribution in [0.15, 0.2) is 24.3 Å². The van der Waals surface area contributed by atoms with Gasteiger partial charge >= 0.3 is 0 Å². The Kier molecular flexibility index (Phi) is 6.25. The first-order valence-electron chi connectivity index (χ1n) is 8.69. The fraction of sp³-hybridized carbons (Fsp3) is 0.684. The third-order valence-electron chi connectivity index (χ3n) is 4.56. The van der Waals surface area contributed by atoms with Gasteiger partial charge in [-0.25, -0.2) is 0 Å². The zero-order valence-corrected chi connectivity index (χ0v) is 14.2. The van der Waals surface area contributed by atoms with Gasteiger partial charge in [0, 0.05) is 19.1 Å². The van der Waals surface area contributed by atoms with E-state index in [1.165, 1.54) is 30.5 Å². The molecular formula is C19H32N2. The van der Waals surface area contributed by atoms with Crippen LogP contribution >= 0.6 is 0 Å². The van der Waals surface area contributed by atoms with Gasteiger partial charge in [0.05, 0.1) is 0 Å². The van der Waals surface area contributed by atoms with E-state index in [-0.39, 0.29) is 0 Å². The van der Waals surface area contributed by atoms with Crippen molar-refractivity contribution in [3.8, 4) is 0 Å². The maximum atomic E-state index is 3.66. The van der Waals surface area contributed by atoms with Crippen molar-refractivity contribution in [2.24, 2.45) is 5.92 Å². The predicted molar refractivity (Wildman–Crippen MR) is 91.8 cm³/mol. The van der Waals surface area contributed by atoms with Crippen molar-refractivity contribution in [2.45, 2.75) is 52.5 Å². The maximum Gasteiger partial charge on any atom is 0.0449 e. The lowest BCUT2D eigenvalue weighted by molar-refractivity contribution is 0.245. The minimum absolute atomic E-state index is 0.454. The first-order chi connectivity index (χ1) is 10.1. The SMILES string of the molecule is CCNC(CN(CC)CC1CC1)c1ccc(C(C)C)cc1. The number of likely N-dealkylation sites (N-methyl/N-ethyl adjacent to an activating group) is 2. The molecule has 118 valence electrons. The summed E-state index contributed by atoms with van der Waals surface area (Å²) in [6.07, 6.45) is 2.87. The molecule has 1 atom stereocenters. The molecule has 0 bridgehead atoms. The van der Waals surface area contributed by atoms with Crippen molar-refractivity contribution in [1.82, 2.24) is 10.2 Å². The molecule has 1 aliphatic rings. The van der Waals surface area contributed by atoms with Crippen LogP contribution in [0.25, 0.3) is 0 Å². The molecule has 0 heterocycles. The van der Waals surface area contributed by atoms with Gasteiger partial charge in [0.2, 0.25) is 0 Å². The summed E-state index contributed by atoms with van der Waals surface area (Å²) in [6, 6.07) is 9.67. The molecule has 2 nitrogen and oxygen atoms in total. The Morgan fingerprint density at radius 2 is 1.71 bits per heavy atom. The highest BCUT2D eigenvalue weighted by Crippen LogP contribution is 2.30. The summed E-state index contributed by atoms with van der Waals surface area (Å²) in [7, 11) is 0. The van der Waals surface area contributed by atoms with Crippen LogP contribution in [0.2, 0.25) is 0 Å². The van der Waals surface area contributed by atoms with Crippen LogP contribution in [0, 0.1) is 5.92 Å². The molecule has 1 aromatic carbocycles. The topological polar surface area (TPSA) is 15.3 Å². The van der Waals surface area contributed by atoms with E-state index in [4.69, 9.17) is 0 Å². The summed E-state index contributed by atoms with van der Waals surface area (Å²) in [6.45, 7) is 13.6. The second kappa shape index (κ2) is 7.95. The number of hydrogen-bond donors (Lipinski definition) is 1. The van der Waals surface area contributed by atoms with Crippen molar-refractivity contribution in [3.05, 3.63) is 35.4 Å². The predicted octanol–water partition coefficient (Wildman–Crippen LogP) is 4.19. The maximum absolute atomic E-state index is 3.66. The summed E-state index contributed by atoms with van der Waals surface area (Å²) in [5, 5.41) is 3.66. The summed E-state index contributed by atoms with van der Waals surface area (Å²) >= 11 is 0. The fourth-order valence-electron chi connectivity index (χ4n) is 2.90. The molecule has 2 rings (SSSR count). The van der Waals surface area contributed by atoms with Crippen LogP contribution in [-0.4, -0.2) is 31.1 Å². The van der Waals surface area contributed by atoms with Crippen molar-refractivity contribution in [3.63, 3.8) is 0 Å². The molecule has 0 aromatic heterocycles. The summed E-state index contributed by atoms with van der Waals surface area (Å²) in [5.41, 5.74) is 2.86. The largest absolute Gasteiger partial charge is 0.309 e. The minimum atomic E-state index is 0.454. The number of hydrogen-bond acceptors (Lipinski definition) is 2. The Bertz CT molecular complexity index is 406. The molecule has 0 amide bonds. The van der Waals surface area contributed by atoms with E-state index in [1.807, 2.05) is 0 Å². The molecule has 0 aliphatic heterocycles. The van der Waals surface area contributed by atoms with Crippen LogP contribution in [0.1, 0.15) is 63.6 Å². The van der Waals surface area contributed by atoms with Gasteiger partial charge in [-0.3, -0.25) is 0 Å². The van der Waals surface area contributed by atoms with E-state index in [2.05, 4.69) is 62.2 Å². The second-order valence-electron chi connectivity index (χ2n) is 6.73. The van der Waals surface area contributed by atoms with Gasteiger partial charge in [-0.15, -0.1) is 0 Å². The highest BCUT2D eigenvalue weighted by Gasteiger charge is 2.25. The molecule has 1 aromatic rings. The molecule has 1 aliphatic carbocycles. The molecule has 21 heavy (non-hydrogen) atoms. The van der Waals surface area contributed by atoms with Crippen molar-refractivity contribution in [2.75, 3.05) is 26.2 Å². The van der Waals surface area contributed by atoms with Crippen molar-refractivity contribution < 1.29 is 0 Å². The van der Waals surface area contributed by atoms with Crippen molar-refractivity contribution in [1.29, 1.82) is 0 Å². The Morgan fingerprint density at radius 3 is 2.19 bits per heavy atom. The van der Waals surface area contributed by atoms with Crippen LogP contribution in [0.5, 0.6) is 0 Å². The van der Waals surface area contributed by atoms with Crippen molar-refractivity contribution >= 4 is 0 Å². The first-order valence-corrected chi connectivity index (χ1v) is 8.69. The number of benzene rings is 1. The summed E-state index contributed by atoms with van der Waals surface area (Å²) in [5.74, 6) is 1.58. The molecule has 0 radical (unpaired) electrons. The van der Waals surface area contributed by atoms with Crippen LogP contribution in [-0.2, 0) is 0 Å². The van der Waals surface area contributed by atoms with Gasteiger partial charge in [0.15, 0.2) is 0 Å². The Labute approximate surface area is 130 Å². The number of nitrogens with one attached hydrogen (secondary N) is 1. The van der Waals surface area contributed by atoms with E-state index in [1.54, 1.807) is 0 Å². The van der Waals surface area contributed by atoms with Gasteiger partial charge in [0.1, 0.15) is 0 Å². The normalized spacial score (nSPS) is 16.7. The van der Waals surface area contributed by atoms with Gasteiger partial charge < -0.3 is 10.2 Å². The summed E-state index contributed by atoms with van der Waals surface area (Å²) in [4.78, 5) is 2.61. The van der Waals surface area contributed by atoms with Gasteiger partial charge in [-0.1, -0.05) is 52.0 Å². The molecule has 1 saturated carbocycles. The third kappa shape index (κ3) is 5.12. The molecule has 0 saturated heterocycles. The second-order valence-corrected chi connectivity index (χ2v) is 6.73. The number of rotatable bonds is 9. The molecule has 0 spiro atoms. The van der Waals surface area contributed by atoms with E-state index in [0.717, 1.165) is 25.6 Å². The van der Waals surface area contributed by atoms with Gasteiger partial charge in [-0.05, 0) is 48.9 Å². The minimum Gasteiger partial charge on any atom is -0.309 e. The quantitative estimate of drug-likeness (QED) is 0.733. The summed E-state index contributed by atoms with van der Waals surface area (Å²) < 4.78 is 0. The average Bonchev–Trinajstić information content (AvgIpc) is 3.30. The van der Waals surface area contributed by atoms with E-state index >= 15 is 0 Å². The molecule has 1 fully saturated rings. The van der Waals surface area contributed by atoms with Crippen LogP contribution < -0.4 is 5.32 Å². The molecular weight excluding hydrogens is 256 g/mol. The lowest BCUT2D eigenvalue weighted by atomic mass is 9.98. The Hall–Kier alpha value is -0.860. The third-order valence-corrected chi connectivity index (χ3v) is 4.56. The van der Waals surface area contributed by atoms with E-state index in [0.29, 0.717) is 12.0 Å². The lowest BCUT2D eigenvalue weighted by Gasteiger charge is -2.27. The fourth-order valence-corrected chi connectivity index (χ4v) is 2.90. The molecule has 2 heteroatoms.